The first-order valence-corrected chi connectivity index (χ1v) is 8.63. The summed E-state index contributed by atoms with van der Waals surface area (Å²) in [4.78, 5) is 4.79. The summed E-state index contributed by atoms with van der Waals surface area (Å²) in [7, 11) is 0. The van der Waals surface area contributed by atoms with Crippen LogP contribution in [0.4, 0.5) is 0 Å². The molecule has 0 radical (unpaired) electrons. The van der Waals surface area contributed by atoms with Crippen LogP contribution in [0.25, 0.3) is 0 Å². The van der Waals surface area contributed by atoms with Crippen LogP contribution >= 0.6 is 11.3 Å². The van der Waals surface area contributed by atoms with Crippen LogP contribution in [-0.2, 0) is 5.54 Å². The van der Waals surface area contributed by atoms with Gasteiger partial charge < -0.3 is 5.32 Å². The second-order valence-corrected chi connectivity index (χ2v) is 7.20. The minimum atomic E-state index is 0.150. The Hall–Kier alpha value is -0.410. The first-order chi connectivity index (χ1) is 9.07. The Bertz CT molecular complexity index is 399. The van der Waals surface area contributed by atoms with Crippen LogP contribution in [0.3, 0.4) is 0 Å². The maximum Gasteiger partial charge on any atom is 0.113 e. The van der Waals surface area contributed by atoms with Gasteiger partial charge in [-0.1, -0.05) is 33.6 Å². The summed E-state index contributed by atoms with van der Waals surface area (Å²) < 4.78 is 0. The first-order valence-electron chi connectivity index (χ1n) is 7.75. The molecule has 1 aromatic heterocycles. The van der Waals surface area contributed by atoms with Crippen LogP contribution in [0.1, 0.15) is 63.6 Å². The molecule has 1 aliphatic rings. The third kappa shape index (κ3) is 3.38. The Morgan fingerprint density at radius 2 is 2.21 bits per heavy atom. The topological polar surface area (TPSA) is 24.9 Å². The third-order valence-electron chi connectivity index (χ3n) is 4.61. The summed E-state index contributed by atoms with van der Waals surface area (Å²) in [6.45, 7) is 10.1. The molecule has 1 fully saturated rings. The molecular weight excluding hydrogens is 252 g/mol. The fourth-order valence-electron chi connectivity index (χ4n) is 3.41. The van der Waals surface area contributed by atoms with E-state index < -0.39 is 0 Å². The zero-order valence-electron chi connectivity index (χ0n) is 12.8. The summed E-state index contributed by atoms with van der Waals surface area (Å²) in [6.07, 6.45) is 6.54. The van der Waals surface area contributed by atoms with Crippen LogP contribution in [-0.4, -0.2) is 11.5 Å². The highest BCUT2D eigenvalue weighted by atomic mass is 32.1. The fourth-order valence-corrected chi connectivity index (χ4v) is 4.45. The Balaban J connectivity index is 2.20. The summed E-state index contributed by atoms with van der Waals surface area (Å²) in [6, 6.07) is 0. The lowest BCUT2D eigenvalue weighted by molar-refractivity contribution is 0.280. The van der Waals surface area contributed by atoms with E-state index in [0.29, 0.717) is 0 Å². The SMILES string of the molecule is CCNC1(c2nc(C)cs2)CCCC(C(C)C)CC1. The number of aryl methyl sites for hydroxylation is 1. The van der Waals surface area contributed by atoms with Gasteiger partial charge in [0.25, 0.3) is 0 Å². The smallest absolute Gasteiger partial charge is 0.113 e. The standard InChI is InChI=1S/C16H28N2S/c1-5-17-16(15-18-13(4)11-19-15)9-6-7-14(8-10-16)12(2)3/h11-12,14,17H,5-10H2,1-4H3. The predicted octanol–water partition coefficient (Wildman–Crippen LogP) is 4.49. The van der Waals surface area contributed by atoms with Gasteiger partial charge >= 0.3 is 0 Å². The maximum atomic E-state index is 4.79. The maximum absolute atomic E-state index is 4.79. The van der Waals surface area contributed by atoms with Crippen molar-refractivity contribution >= 4 is 11.3 Å². The normalized spacial score (nSPS) is 28.6. The molecule has 1 saturated carbocycles. The van der Waals surface area contributed by atoms with E-state index in [0.717, 1.165) is 18.4 Å². The van der Waals surface area contributed by atoms with E-state index in [1.807, 2.05) is 11.3 Å². The molecule has 1 heterocycles. The Labute approximate surface area is 122 Å². The summed E-state index contributed by atoms with van der Waals surface area (Å²) >= 11 is 1.84. The van der Waals surface area contributed by atoms with E-state index >= 15 is 0 Å². The largest absolute Gasteiger partial charge is 0.306 e. The van der Waals surface area contributed by atoms with E-state index in [2.05, 4.69) is 38.4 Å². The quantitative estimate of drug-likeness (QED) is 0.822. The van der Waals surface area contributed by atoms with E-state index in [4.69, 9.17) is 4.98 Å². The zero-order valence-corrected chi connectivity index (χ0v) is 13.6. The van der Waals surface area contributed by atoms with Crippen molar-refractivity contribution < 1.29 is 0 Å². The molecule has 0 amide bonds. The highest BCUT2D eigenvalue weighted by Crippen LogP contribution is 2.40. The van der Waals surface area contributed by atoms with E-state index in [9.17, 15) is 0 Å². The van der Waals surface area contributed by atoms with Gasteiger partial charge in [-0.05, 0) is 44.6 Å². The number of hydrogen-bond acceptors (Lipinski definition) is 3. The number of thiazole rings is 1. The number of hydrogen-bond donors (Lipinski definition) is 1. The van der Waals surface area contributed by atoms with Crippen LogP contribution in [0.2, 0.25) is 0 Å². The lowest BCUT2D eigenvalue weighted by Gasteiger charge is -2.32. The molecule has 2 unspecified atom stereocenters. The highest BCUT2D eigenvalue weighted by Gasteiger charge is 2.36. The van der Waals surface area contributed by atoms with Gasteiger partial charge in [0.15, 0.2) is 0 Å². The summed E-state index contributed by atoms with van der Waals surface area (Å²) in [5.74, 6) is 1.71. The molecule has 19 heavy (non-hydrogen) atoms. The Morgan fingerprint density at radius 1 is 1.42 bits per heavy atom. The molecule has 1 aromatic rings. The number of rotatable bonds is 4. The van der Waals surface area contributed by atoms with E-state index in [-0.39, 0.29) is 5.54 Å². The summed E-state index contributed by atoms with van der Waals surface area (Å²) in [5.41, 5.74) is 1.32. The van der Waals surface area contributed by atoms with Crippen molar-refractivity contribution in [1.29, 1.82) is 0 Å². The molecule has 0 aliphatic heterocycles. The molecule has 2 nitrogen and oxygen atoms in total. The molecule has 0 spiro atoms. The van der Waals surface area contributed by atoms with Crippen molar-refractivity contribution in [3.63, 3.8) is 0 Å². The van der Waals surface area contributed by atoms with Gasteiger partial charge in [0.2, 0.25) is 0 Å². The molecule has 0 saturated heterocycles. The lowest BCUT2D eigenvalue weighted by atomic mass is 9.86. The average molecular weight is 280 g/mol. The monoisotopic (exact) mass is 280 g/mol. The van der Waals surface area contributed by atoms with Gasteiger partial charge in [-0.2, -0.15) is 0 Å². The van der Waals surface area contributed by atoms with Crippen molar-refractivity contribution in [1.82, 2.24) is 10.3 Å². The number of aromatic nitrogens is 1. The minimum absolute atomic E-state index is 0.150. The van der Waals surface area contributed by atoms with Crippen molar-refractivity contribution in [2.75, 3.05) is 6.54 Å². The number of nitrogens with zero attached hydrogens (tertiary/aromatic N) is 1. The molecule has 0 aromatic carbocycles. The van der Waals surface area contributed by atoms with Crippen molar-refractivity contribution in [3.05, 3.63) is 16.1 Å². The van der Waals surface area contributed by atoms with Crippen LogP contribution < -0.4 is 5.32 Å². The second kappa shape index (κ2) is 6.36. The average Bonchev–Trinajstić information content (AvgIpc) is 2.68. The third-order valence-corrected chi connectivity index (χ3v) is 5.77. The first kappa shape index (κ1) is 15.0. The Morgan fingerprint density at radius 3 is 2.79 bits per heavy atom. The van der Waals surface area contributed by atoms with E-state index in [1.165, 1.54) is 42.8 Å². The lowest BCUT2D eigenvalue weighted by Crippen LogP contribution is -2.42. The molecule has 1 aliphatic carbocycles. The highest BCUT2D eigenvalue weighted by molar-refractivity contribution is 7.09. The van der Waals surface area contributed by atoms with Gasteiger partial charge in [0.05, 0.1) is 5.54 Å². The fraction of sp³-hybridized carbons (Fsp3) is 0.812. The molecule has 2 rings (SSSR count). The molecular formula is C16H28N2S. The van der Waals surface area contributed by atoms with Crippen LogP contribution in [0.15, 0.2) is 5.38 Å². The van der Waals surface area contributed by atoms with Crippen LogP contribution in [0.5, 0.6) is 0 Å². The van der Waals surface area contributed by atoms with Gasteiger partial charge in [-0.25, -0.2) is 4.98 Å². The van der Waals surface area contributed by atoms with Gasteiger partial charge in [0, 0.05) is 11.1 Å². The second-order valence-electron chi connectivity index (χ2n) is 6.34. The molecule has 3 heteroatoms. The van der Waals surface area contributed by atoms with Gasteiger partial charge in [-0.3, -0.25) is 0 Å². The minimum Gasteiger partial charge on any atom is -0.306 e. The Kier molecular flexibility index (Phi) is 5.02. The molecule has 2 atom stereocenters. The van der Waals surface area contributed by atoms with Crippen molar-refractivity contribution in [2.45, 2.75) is 65.3 Å². The predicted molar refractivity (Wildman–Crippen MR) is 83.6 cm³/mol. The van der Waals surface area contributed by atoms with Crippen LogP contribution in [0, 0.1) is 18.8 Å². The van der Waals surface area contributed by atoms with Gasteiger partial charge in [-0.15, -0.1) is 11.3 Å². The van der Waals surface area contributed by atoms with Gasteiger partial charge in [0.1, 0.15) is 5.01 Å². The van der Waals surface area contributed by atoms with E-state index in [1.54, 1.807) is 0 Å². The summed E-state index contributed by atoms with van der Waals surface area (Å²) in [5, 5.41) is 7.28. The molecule has 1 N–H and O–H groups in total. The van der Waals surface area contributed by atoms with Crippen molar-refractivity contribution in [3.8, 4) is 0 Å². The number of nitrogens with one attached hydrogen (secondary N) is 1. The molecule has 108 valence electrons. The van der Waals surface area contributed by atoms with Crippen molar-refractivity contribution in [2.24, 2.45) is 11.8 Å². The molecule has 0 bridgehead atoms. The zero-order chi connectivity index (χ0) is 13.9.